The summed E-state index contributed by atoms with van der Waals surface area (Å²) in [6.07, 6.45) is 2.88. The van der Waals surface area contributed by atoms with Crippen molar-refractivity contribution in [3.05, 3.63) is 107 Å². The molecule has 1 amide bonds. The van der Waals surface area contributed by atoms with Gasteiger partial charge in [0.05, 0.1) is 11.7 Å². The third kappa shape index (κ3) is 5.44. The zero-order valence-corrected chi connectivity index (χ0v) is 22.9. The Morgan fingerprint density at radius 3 is 2.71 bits per heavy atom. The summed E-state index contributed by atoms with van der Waals surface area (Å²) in [7, 11) is 0. The molecule has 1 aliphatic heterocycles. The molecule has 2 atom stereocenters. The Labute approximate surface area is 233 Å². The van der Waals surface area contributed by atoms with Gasteiger partial charge in [-0.2, -0.15) is 0 Å². The molecule has 38 heavy (non-hydrogen) atoms. The molecule has 0 bridgehead atoms. The number of hydrogen-bond acceptors (Lipinski definition) is 4. The minimum atomic E-state index is -0.275. The number of nitrogens with zero attached hydrogens (tertiary/aromatic N) is 2. The van der Waals surface area contributed by atoms with Crippen LogP contribution in [0.1, 0.15) is 48.0 Å². The van der Waals surface area contributed by atoms with Gasteiger partial charge in [-0.25, -0.2) is 0 Å². The highest BCUT2D eigenvalue weighted by Crippen LogP contribution is 2.40. The van der Waals surface area contributed by atoms with Gasteiger partial charge in [-0.3, -0.25) is 9.78 Å². The van der Waals surface area contributed by atoms with Crippen LogP contribution in [0.4, 0.5) is 5.69 Å². The van der Waals surface area contributed by atoms with Gasteiger partial charge in [0.25, 0.3) is 0 Å². The third-order valence-corrected chi connectivity index (χ3v) is 7.58. The molecular formula is C30H29ClN4O2S. The number of furan rings is 1. The van der Waals surface area contributed by atoms with Crippen LogP contribution in [0.25, 0.3) is 11.3 Å². The number of nitrogens with one attached hydrogen (secondary N) is 2. The lowest BCUT2D eigenvalue weighted by Crippen LogP contribution is -2.32. The molecule has 2 aromatic carbocycles. The maximum absolute atomic E-state index is 12.9. The first-order valence-electron chi connectivity index (χ1n) is 12.7. The van der Waals surface area contributed by atoms with Crippen molar-refractivity contribution in [1.29, 1.82) is 0 Å². The predicted octanol–water partition coefficient (Wildman–Crippen LogP) is 6.87. The van der Waals surface area contributed by atoms with Gasteiger partial charge in [-0.05, 0) is 73.1 Å². The molecule has 194 valence electrons. The minimum absolute atomic E-state index is 0.0665. The largest absolute Gasteiger partial charge is 0.459 e. The molecule has 3 heterocycles. The fourth-order valence-electron chi connectivity index (χ4n) is 4.75. The summed E-state index contributed by atoms with van der Waals surface area (Å²) < 4.78 is 6.38. The SMILES string of the molecule is CCc1ccccc1NC(=O)CCN1C(=S)N[C@@H](c2ccccn2)[C@H]1c1ccc(-c2ccc(C)c(Cl)c2)o1. The molecule has 0 saturated carbocycles. The number of rotatable bonds is 8. The maximum atomic E-state index is 12.9. The number of aromatic nitrogens is 1. The number of amides is 1. The van der Waals surface area contributed by atoms with E-state index in [-0.39, 0.29) is 24.4 Å². The second-order valence-corrected chi connectivity index (χ2v) is 10.1. The average Bonchev–Trinajstić information content (AvgIpc) is 3.54. The number of carbonyl (C=O) groups is 1. The van der Waals surface area contributed by atoms with Gasteiger partial charge in [0.15, 0.2) is 5.11 Å². The number of benzene rings is 2. The van der Waals surface area contributed by atoms with Crippen molar-refractivity contribution in [3.8, 4) is 11.3 Å². The van der Waals surface area contributed by atoms with E-state index in [9.17, 15) is 4.79 Å². The van der Waals surface area contributed by atoms with Crippen molar-refractivity contribution >= 4 is 40.5 Å². The Morgan fingerprint density at radius 1 is 1.13 bits per heavy atom. The van der Waals surface area contributed by atoms with E-state index < -0.39 is 0 Å². The molecule has 2 aromatic heterocycles. The fourth-order valence-corrected chi connectivity index (χ4v) is 5.27. The van der Waals surface area contributed by atoms with Crippen LogP contribution >= 0.6 is 23.8 Å². The molecule has 0 spiro atoms. The van der Waals surface area contributed by atoms with E-state index in [1.807, 2.05) is 84.6 Å². The first kappa shape index (κ1) is 25.9. The number of thiocarbonyl (C=S) groups is 1. The number of halogens is 1. The predicted molar refractivity (Wildman–Crippen MR) is 155 cm³/mol. The van der Waals surface area contributed by atoms with Crippen LogP contribution in [-0.2, 0) is 11.2 Å². The second kappa shape index (κ2) is 11.4. The smallest absolute Gasteiger partial charge is 0.226 e. The summed E-state index contributed by atoms with van der Waals surface area (Å²) in [6.45, 7) is 4.47. The zero-order valence-electron chi connectivity index (χ0n) is 21.3. The van der Waals surface area contributed by atoms with E-state index >= 15 is 0 Å². The van der Waals surface area contributed by atoms with Crippen LogP contribution in [0.15, 0.2) is 83.4 Å². The van der Waals surface area contributed by atoms with E-state index in [1.165, 1.54) is 0 Å². The minimum Gasteiger partial charge on any atom is -0.459 e. The highest BCUT2D eigenvalue weighted by molar-refractivity contribution is 7.80. The first-order chi connectivity index (χ1) is 18.4. The highest BCUT2D eigenvalue weighted by Gasteiger charge is 2.41. The quantitative estimate of drug-likeness (QED) is 0.236. The summed E-state index contributed by atoms with van der Waals surface area (Å²) in [5, 5.41) is 7.71. The molecule has 4 aromatic rings. The van der Waals surface area contributed by atoms with Gasteiger partial charge in [-0.15, -0.1) is 0 Å². The Balaban J connectivity index is 1.40. The number of pyridine rings is 1. The summed E-state index contributed by atoms with van der Waals surface area (Å²) in [5.74, 6) is 1.38. The molecule has 0 aliphatic carbocycles. The number of carbonyl (C=O) groups excluding carboxylic acids is 1. The van der Waals surface area contributed by atoms with Gasteiger partial charge < -0.3 is 20.0 Å². The molecule has 1 aliphatic rings. The molecule has 0 radical (unpaired) electrons. The molecule has 8 heteroatoms. The van der Waals surface area contributed by atoms with E-state index in [1.54, 1.807) is 6.20 Å². The van der Waals surface area contributed by atoms with Crippen LogP contribution in [0.2, 0.25) is 5.02 Å². The van der Waals surface area contributed by atoms with Crippen molar-refractivity contribution in [3.63, 3.8) is 0 Å². The van der Waals surface area contributed by atoms with Crippen LogP contribution in [0.5, 0.6) is 0 Å². The Morgan fingerprint density at radius 2 is 1.95 bits per heavy atom. The van der Waals surface area contributed by atoms with E-state index in [0.29, 0.717) is 22.4 Å². The zero-order chi connectivity index (χ0) is 26.6. The Kier molecular flexibility index (Phi) is 7.77. The fraction of sp³-hybridized carbons (Fsp3) is 0.233. The van der Waals surface area contributed by atoms with E-state index in [0.717, 1.165) is 40.3 Å². The number of aryl methyl sites for hydroxylation is 2. The van der Waals surface area contributed by atoms with Gasteiger partial charge in [0.2, 0.25) is 5.91 Å². The maximum Gasteiger partial charge on any atom is 0.226 e. The van der Waals surface area contributed by atoms with Crippen molar-refractivity contribution in [2.45, 2.75) is 38.8 Å². The van der Waals surface area contributed by atoms with Crippen molar-refractivity contribution < 1.29 is 9.21 Å². The van der Waals surface area contributed by atoms with Crippen molar-refractivity contribution in [2.75, 3.05) is 11.9 Å². The molecular weight excluding hydrogens is 516 g/mol. The molecule has 6 nitrogen and oxygen atoms in total. The normalized spacial score (nSPS) is 16.9. The van der Waals surface area contributed by atoms with Gasteiger partial charge in [0.1, 0.15) is 17.6 Å². The summed E-state index contributed by atoms with van der Waals surface area (Å²) in [5.41, 5.74) is 4.70. The van der Waals surface area contributed by atoms with E-state index in [2.05, 4.69) is 22.5 Å². The molecule has 5 rings (SSSR count). The molecule has 2 N–H and O–H groups in total. The van der Waals surface area contributed by atoms with Crippen molar-refractivity contribution in [1.82, 2.24) is 15.2 Å². The van der Waals surface area contributed by atoms with Crippen LogP contribution < -0.4 is 10.6 Å². The molecule has 1 fully saturated rings. The van der Waals surface area contributed by atoms with Crippen LogP contribution in [0.3, 0.4) is 0 Å². The standard InChI is InChI=1S/C30H29ClN4O2S/c1-3-20-8-4-5-9-23(20)33-27(36)15-17-35-29(28(34-30(35)38)24-10-6-7-16-32-24)26-14-13-25(37-26)21-12-11-19(2)22(31)18-21/h4-14,16,18,28-29H,3,15,17H2,1-2H3,(H,33,36)(H,34,38)/t28-,29+/m0/s1. The van der Waals surface area contributed by atoms with Gasteiger partial charge in [-0.1, -0.05) is 54.9 Å². The monoisotopic (exact) mass is 544 g/mol. The van der Waals surface area contributed by atoms with Crippen LogP contribution in [0, 0.1) is 6.92 Å². The van der Waals surface area contributed by atoms with Crippen molar-refractivity contribution in [2.24, 2.45) is 0 Å². The van der Waals surface area contributed by atoms with E-state index in [4.69, 9.17) is 28.2 Å². The molecule has 1 saturated heterocycles. The topological polar surface area (TPSA) is 70.4 Å². The number of hydrogen-bond donors (Lipinski definition) is 2. The van der Waals surface area contributed by atoms with Gasteiger partial charge >= 0.3 is 0 Å². The first-order valence-corrected chi connectivity index (χ1v) is 13.4. The summed E-state index contributed by atoms with van der Waals surface area (Å²) >= 11 is 12.1. The van der Waals surface area contributed by atoms with Gasteiger partial charge in [0, 0.05) is 35.4 Å². The number of anilines is 1. The van der Waals surface area contributed by atoms with Crippen LogP contribution in [-0.4, -0.2) is 27.4 Å². The highest BCUT2D eigenvalue weighted by atomic mass is 35.5. The summed E-state index contributed by atoms with van der Waals surface area (Å²) in [6, 6.07) is 22.9. The lowest BCUT2D eigenvalue weighted by molar-refractivity contribution is -0.116. The second-order valence-electron chi connectivity index (χ2n) is 9.29. The third-order valence-electron chi connectivity index (χ3n) is 6.82. The lowest BCUT2D eigenvalue weighted by atomic mass is 10.0. The Hall–Kier alpha value is -3.68. The lowest BCUT2D eigenvalue weighted by Gasteiger charge is -2.26. The summed E-state index contributed by atoms with van der Waals surface area (Å²) in [4.78, 5) is 19.5. The average molecular weight is 545 g/mol. The number of para-hydroxylation sites is 1. The Bertz CT molecular complexity index is 1460. The molecule has 0 unspecified atom stereocenters.